The Morgan fingerprint density at radius 3 is 2.76 bits per heavy atom. The summed E-state index contributed by atoms with van der Waals surface area (Å²) < 4.78 is 4.90. The van der Waals surface area contributed by atoms with Crippen LogP contribution in [0.5, 0.6) is 0 Å². The van der Waals surface area contributed by atoms with Crippen molar-refractivity contribution in [2.45, 2.75) is 52.1 Å². The molecule has 1 aliphatic rings. The number of carbonyl (C=O) groups is 1. The Hall–Kier alpha value is -0.610. The van der Waals surface area contributed by atoms with Gasteiger partial charge in [0.05, 0.1) is 12.6 Å². The van der Waals surface area contributed by atoms with Gasteiger partial charge in [0, 0.05) is 19.7 Å². The zero-order chi connectivity index (χ0) is 12.9. The van der Waals surface area contributed by atoms with E-state index in [1.807, 2.05) is 6.92 Å². The standard InChI is InChI=1S/C13H26N2O2/c1-10(12(16)14-7-8-17-4)15-11-5-6-13(2,3)9-11/h10-11,15H,5-9H2,1-4H3,(H,14,16). The van der Waals surface area contributed by atoms with Gasteiger partial charge in [0.25, 0.3) is 0 Å². The monoisotopic (exact) mass is 242 g/mol. The Morgan fingerprint density at radius 2 is 2.24 bits per heavy atom. The number of rotatable bonds is 6. The molecule has 1 aliphatic carbocycles. The molecule has 1 saturated carbocycles. The zero-order valence-electron chi connectivity index (χ0n) is 11.5. The first-order valence-electron chi connectivity index (χ1n) is 6.47. The van der Waals surface area contributed by atoms with Crippen LogP contribution in [0.4, 0.5) is 0 Å². The number of nitrogens with one attached hydrogen (secondary N) is 2. The van der Waals surface area contributed by atoms with Gasteiger partial charge in [-0.25, -0.2) is 0 Å². The molecule has 0 aromatic carbocycles. The molecule has 100 valence electrons. The van der Waals surface area contributed by atoms with E-state index in [1.54, 1.807) is 7.11 Å². The molecular formula is C13H26N2O2. The van der Waals surface area contributed by atoms with Crippen molar-refractivity contribution in [2.24, 2.45) is 5.41 Å². The lowest BCUT2D eigenvalue weighted by molar-refractivity contribution is -0.123. The van der Waals surface area contributed by atoms with Gasteiger partial charge in [-0.3, -0.25) is 4.79 Å². The first kappa shape index (κ1) is 14.5. The summed E-state index contributed by atoms with van der Waals surface area (Å²) in [4.78, 5) is 11.7. The van der Waals surface area contributed by atoms with Gasteiger partial charge in [0.1, 0.15) is 0 Å². The molecule has 0 heterocycles. The van der Waals surface area contributed by atoms with Crippen LogP contribution < -0.4 is 10.6 Å². The summed E-state index contributed by atoms with van der Waals surface area (Å²) in [5.41, 5.74) is 0.421. The fraction of sp³-hybridized carbons (Fsp3) is 0.923. The molecule has 4 heteroatoms. The Balaban J connectivity index is 2.24. The van der Waals surface area contributed by atoms with Crippen LogP contribution in [-0.4, -0.2) is 38.3 Å². The first-order valence-corrected chi connectivity index (χ1v) is 6.47. The molecule has 4 nitrogen and oxygen atoms in total. The molecular weight excluding hydrogens is 216 g/mol. The molecule has 0 bridgehead atoms. The van der Waals surface area contributed by atoms with Crippen molar-refractivity contribution >= 4 is 5.91 Å². The maximum absolute atomic E-state index is 11.7. The minimum absolute atomic E-state index is 0.0618. The molecule has 1 amide bonds. The van der Waals surface area contributed by atoms with E-state index >= 15 is 0 Å². The highest BCUT2D eigenvalue weighted by Crippen LogP contribution is 2.36. The molecule has 0 spiro atoms. The molecule has 0 saturated heterocycles. The quantitative estimate of drug-likeness (QED) is 0.690. The van der Waals surface area contributed by atoms with Gasteiger partial charge in [-0.05, 0) is 31.6 Å². The van der Waals surface area contributed by atoms with Crippen LogP contribution in [0, 0.1) is 5.41 Å². The van der Waals surface area contributed by atoms with E-state index in [0.717, 1.165) is 6.42 Å². The second kappa shape index (κ2) is 6.36. The Labute approximate surface area is 104 Å². The van der Waals surface area contributed by atoms with E-state index in [9.17, 15) is 4.79 Å². The molecule has 2 unspecified atom stereocenters. The van der Waals surface area contributed by atoms with Gasteiger partial charge in [0.2, 0.25) is 5.91 Å². The SMILES string of the molecule is COCCNC(=O)C(C)NC1CCC(C)(C)C1. The summed E-state index contributed by atoms with van der Waals surface area (Å²) in [6.07, 6.45) is 3.56. The maximum Gasteiger partial charge on any atom is 0.236 e. The van der Waals surface area contributed by atoms with E-state index in [0.29, 0.717) is 24.6 Å². The third-order valence-electron chi connectivity index (χ3n) is 3.45. The van der Waals surface area contributed by atoms with Crippen molar-refractivity contribution in [3.8, 4) is 0 Å². The fourth-order valence-corrected chi connectivity index (χ4v) is 2.44. The highest BCUT2D eigenvalue weighted by Gasteiger charge is 2.32. The number of carbonyl (C=O) groups excluding carboxylic acids is 1. The Kier molecular flexibility index (Phi) is 5.40. The highest BCUT2D eigenvalue weighted by molar-refractivity contribution is 5.81. The Bertz CT molecular complexity index is 254. The number of hydrogen-bond acceptors (Lipinski definition) is 3. The van der Waals surface area contributed by atoms with Crippen molar-refractivity contribution in [3.63, 3.8) is 0 Å². The van der Waals surface area contributed by atoms with Crippen LogP contribution in [0.3, 0.4) is 0 Å². The normalized spacial score (nSPS) is 24.6. The lowest BCUT2D eigenvalue weighted by atomic mass is 9.92. The number of methoxy groups -OCH3 is 1. The minimum atomic E-state index is -0.120. The molecule has 0 aliphatic heterocycles. The van der Waals surface area contributed by atoms with Crippen LogP contribution in [0.15, 0.2) is 0 Å². The molecule has 0 radical (unpaired) electrons. The molecule has 0 aromatic rings. The van der Waals surface area contributed by atoms with Gasteiger partial charge in [-0.1, -0.05) is 13.8 Å². The van der Waals surface area contributed by atoms with Gasteiger partial charge < -0.3 is 15.4 Å². The smallest absolute Gasteiger partial charge is 0.236 e. The predicted octanol–water partition coefficient (Wildman–Crippen LogP) is 1.31. The summed E-state index contributed by atoms with van der Waals surface area (Å²) in [6, 6.07) is 0.360. The van der Waals surface area contributed by atoms with E-state index in [2.05, 4.69) is 24.5 Å². The van der Waals surface area contributed by atoms with Crippen molar-refractivity contribution in [1.29, 1.82) is 0 Å². The number of amides is 1. The maximum atomic E-state index is 11.7. The summed E-state index contributed by atoms with van der Waals surface area (Å²) in [7, 11) is 1.63. The van der Waals surface area contributed by atoms with Gasteiger partial charge in [-0.15, -0.1) is 0 Å². The summed E-state index contributed by atoms with van der Waals surface area (Å²) in [6.45, 7) is 7.65. The average molecular weight is 242 g/mol. The Morgan fingerprint density at radius 1 is 1.53 bits per heavy atom. The highest BCUT2D eigenvalue weighted by atomic mass is 16.5. The van der Waals surface area contributed by atoms with Crippen molar-refractivity contribution in [2.75, 3.05) is 20.3 Å². The second-order valence-corrected chi connectivity index (χ2v) is 5.78. The van der Waals surface area contributed by atoms with E-state index in [4.69, 9.17) is 4.74 Å². The predicted molar refractivity (Wildman–Crippen MR) is 68.9 cm³/mol. The van der Waals surface area contributed by atoms with E-state index < -0.39 is 0 Å². The largest absolute Gasteiger partial charge is 0.383 e. The molecule has 17 heavy (non-hydrogen) atoms. The van der Waals surface area contributed by atoms with E-state index in [1.165, 1.54) is 12.8 Å². The lowest BCUT2D eigenvalue weighted by Gasteiger charge is -2.21. The summed E-state index contributed by atoms with van der Waals surface area (Å²) in [5.74, 6) is 0.0618. The topological polar surface area (TPSA) is 50.4 Å². The van der Waals surface area contributed by atoms with Gasteiger partial charge in [0.15, 0.2) is 0 Å². The second-order valence-electron chi connectivity index (χ2n) is 5.78. The van der Waals surface area contributed by atoms with Crippen LogP contribution in [0.2, 0.25) is 0 Å². The average Bonchev–Trinajstić information content (AvgIpc) is 2.58. The number of hydrogen-bond donors (Lipinski definition) is 2. The molecule has 0 aromatic heterocycles. The summed E-state index contributed by atoms with van der Waals surface area (Å²) in [5, 5.41) is 6.26. The molecule has 2 atom stereocenters. The van der Waals surface area contributed by atoms with Crippen LogP contribution in [0.25, 0.3) is 0 Å². The van der Waals surface area contributed by atoms with Gasteiger partial charge >= 0.3 is 0 Å². The first-order chi connectivity index (χ1) is 7.94. The van der Waals surface area contributed by atoms with Crippen molar-refractivity contribution in [1.82, 2.24) is 10.6 Å². The van der Waals surface area contributed by atoms with Crippen LogP contribution in [0.1, 0.15) is 40.0 Å². The number of ether oxygens (including phenoxy) is 1. The summed E-state index contributed by atoms with van der Waals surface area (Å²) >= 11 is 0. The van der Waals surface area contributed by atoms with Crippen LogP contribution in [-0.2, 0) is 9.53 Å². The molecule has 2 N–H and O–H groups in total. The zero-order valence-corrected chi connectivity index (χ0v) is 11.5. The molecule has 1 rings (SSSR count). The fourth-order valence-electron chi connectivity index (χ4n) is 2.44. The third-order valence-corrected chi connectivity index (χ3v) is 3.45. The lowest BCUT2D eigenvalue weighted by Crippen LogP contribution is -2.46. The van der Waals surface area contributed by atoms with E-state index in [-0.39, 0.29) is 11.9 Å². The van der Waals surface area contributed by atoms with Gasteiger partial charge in [-0.2, -0.15) is 0 Å². The molecule has 1 fully saturated rings. The minimum Gasteiger partial charge on any atom is -0.383 e. The van der Waals surface area contributed by atoms with Crippen molar-refractivity contribution in [3.05, 3.63) is 0 Å². The third kappa shape index (κ3) is 5.04. The van der Waals surface area contributed by atoms with Crippen LogP contribution >= 0.6 is 0 Å². The van der Waals surface area contributed by atoms with Crippen molar-refractivity contribution < 1.29 is 9.53 Å².